The summed E-state index contributed by atoms with van der Waals surface area (Å²) >= 11 is 1.34. The van der Waals surface area contributed by atoms with Crippen LogP contribution in [0.1, 0.15) is 47.8 Å². The first-order chi connectivity index (χ1) is 12.0. The number of thiophene rings is 1. The summed E-state index contributed by atoms with van der Waals surface area (Å²) in [6.07, 6.45) is 4.33. The zero-order chi connectivity index (χ0) is 18.1. The molecule has 0 saturated heterocycles. The SMILES string of the molecule is CCc1cc(C(=O)OC)c(NC(=O)C2C3CCC(CC3)C2C(=O)O)s1. The smallest absolute Gasteiger partial charge is 0.340 e. The first-order valence-electron chi connectivity index (χ1n) is 8.70. The number of ether oxygens (including phenoxy) is 1. The summed E-state index contributed by atoms with van der Waals surface area (Å²) in [7, 11) is 1.30. The molecule has 136 valence electrons. The standard InChI is InChI=1S/C18H23NO5S/c1-3-11-8-12(18(23)24-2)16(25-11)19-15(20)13-9-4-6-10(7-5-9)14(13)17(21)22/h8-10,13-14H,3-7H2,1-2H3,(H,19,20)(H,21,22). The summed E-state index contributed by atoms with van der Waals surface area (Å²) in [6.45, 7) is 1.97. The third-order valence-corrected chi connectivity index (χ3v) is 6.78. The van der Waals surface area contributed by atoms with Gasteiger partial charge in [0, 0.05) is 4.88 Å². The lowest BCUT2D eigenvalue weighted by Gasteiger charge is -2.45. The van der Waals surface area contributed by atoms with Gasteiger partial charge in [0.05, 0.1) is 24.5 Å². The number of esters is 1. The fourth-order valence-electron chi connectivity index (χ4n) is 4.35. The number of aliphatic carboxylic acids is 1. The highest BCUT2D eigenvalue weighted by Gasteiger charge is 2.50. The molecule has 6 nitrogen and oxygen atoms in total. The quantitative estimate of drug-likeness (QED) is 0.782. The van der Waals surface area contributed by atoms with Crippen molar-refractivity contribution in [1.29, 1.82) is 0 Å². The highest BCUT2D eigenvalue weighted by molar-refractivity contribution is 7.16. The summed E-state index contributed by atoms with van der Waals surface area (Å²) in [5.74, 6) is -2.63. The van der Waals surface area contributed by atoms with Crippen LogP contribution in [0.5, 0.6) is 0 Å². The van der Waals surface area contributed by atoms with Crippen LogP contribution in [0.25, 0.3) is 0 Å². The molecule has 0 spiro atoms. The Morgan fingerprint density at radius 3 is 2.32 bits per heavy atom. The van der Waals surface area contributed by atoms with Crippen molar-refractivity contribution in [3.8, 4) is 0 Å². The molecule has 3 saturated carbocycles. The van der Waals surface area contributed by atoms with Crippen LogP contribution >= 0.6 is 11.3 Å². The molecule has 2 atom stereocenters. The average molecular weight is 365 g/mol. The van der Waals surface area contributed by atoms with E-state index in [2.05, 4.69) is 5.32 Å². The Labute approximate surface area is 150 Å². The van der Waals surface area contributed by atoms with Crippen molar-refractivity contribution >= 4 is 34.2 Å². The molecule has 2 N–H and O–H groups in total. The Kier molecular flexibility index (Phi) is 5.13. The van der Waals surface area contributed by atoms with Crippen molar-refractivity contribution in [2.75, 3.05) is 12.4 Å². The van der Waals surface area contributed by atoms with E-state index in [9.17, 15) is 19.5 Å². The molecule has 3 aliphatic rings. The van der Waals surface area contributed by atoms with Crippen LogP contribution in [-0.4, -0.2) is 30.1 Å². The van der Waals surface area contributed by atoms with Gasteiger partial charge in [-0.05, 0) is 50.0 Å². The van der Waals surface area contributed by atoms with Crippen LogP contribution in [0.4, 0.5) is 5.00 Å². The number of nitrogens with one attached hydrogen (secondary N) is 1. The van der Waals surface area contributed by atoms with Crippen molar-refractivity contribution in [3.63, 3.8) is 0 Å². The summed E-state index contributed by atoms with van der Waals surface area (Å²) in [6, 6.07) is 1.73. The molecule has 0 aliphatic heterocycles. The van der Waals surface area contributed by atoms with E-state index in [1.54, 1.807) is 6.07 Å². The second-order valence-corrected chi connectivity index (χ2v) is 7.99. The number of amides is 1. The maximum atomic E-state index is 12.9. The van der Waals surface area contributed by atoms with Crippen LogP contribution in [0.15, 0.2) is 6.07 Å². The van der Waals surface area contributed by atoms with Gasteiger partial charge in [-0.2, -0.15) is 0 Å². The van der Waals surface area contributed by atoms with E-state index < -0.39 is 23.8 Å². The lowest BCUT2D eigenvalue weighted by atomic mass is 9.58. The van der Waals surface area contributed by atoms with Crippen LogP contribution in [0.3, 0.4) is 0 Å². The van der Waals surface area contributed by atoms with Crippen molar-refractivity contribution in [2.24, 2.45) is 23.7 Å². The minimum atomic E-state index is -0.886. The molecule has 3 aliphatic carbocycles. The number of carbonyl (C=O) groups excluding carboxylic acids is 2. The molecule has 3 fully saturated rings. The third-order valence-electron chi connectivity index (χ3n) is 5.58. The fourth-order valence-corrected chi connectivity index (χ4v) is 5.34. The third kappa shape index (κ3) is 3.29. The average Bonchev–Trinajstić information content (AvgIpc) is 3.03. The molecular weight excluding hydrogens is 342 g/mol. The molecule has 1 heterocycles. The minimum Gasteiger partial charge on any atom is -0.481 e. The Morgan fingerprint density at radius 2 is 1.80 bits per heavy atom. The van der Waals surface area contributed by atoms with E-state index in [1.165, 1.54) is 18.4 Å². The highest BCUT2D eigenvalue weighted by Crippen LogP contribution is 2.49. The molecule has 7 heteroatoms. The van der Waals surface area contributed by atoms with Gasteiger partial charge >= 0.3 is 11.9 Å². The van der Waals surface area contributed by atoms with E-state index in [-0.39, 0.29) is 17.7 Å². The monoisotopic (exact) mass is 365 g/mol. The Balaban J connectivity index is 1.85. The summed E-state index contributed by atoms with van der Waals surface area (Å²) in [5.41, 5.74) is 0.338. The van der Waals surface area contributed by atoms with Crippen LogP contribution in [-0.2, 0) is 20.7 Å². The first kappa shape index (κ1) is 17.9. The molecule has 0 aromatic carbocycles. The van der Waals surface area contributed by atoms with E-state index in [4.69, 9.17) is 4.74 Å². The Hall–Kier alpha value is -1.89. The van der Waals surface area contributed by atoms with Gasteiger partial charge in [-0.15, -0.1) is 11.3 Å². The number of carboxylic acid groups (broad SMARTS) is 1. The fraction of sp³-hybridized carbons (Fsp3) is 0.611. The van der Waals surface area contributed by atoms with Gasteiger partial charge in [-0.25, -0.2) is 4.79 Å². The first-order valence-corrected chi connectivity index (χ1v) is 9.52. The number of carboxylic acids is 1. The molecule has 0 radical (unpaired) electrons. The topological polar surface area (TPSA) is 92.7 Å². The molecule has 4 rings (SSSR count). The largest absolute Gasteiger partial charge is 0.481 e. The summed E-state index contributed by atoms with van der Waals surface area (Å²) < 4.78 is 4.79. The van der Waals surface area contributed by atoms with Crippen LogP contribution < -0.4 is 5.32 Å². The number of carbonyl (C=O) groups is 3. The minimum absolute atomic E-state index is 0.0767. The van der Waals surface area contributed by atoms with Gasteiger partial charge in [-0.1, -0.05) is 6.92 Å². The van der Waals surface area contributed by atoms with Crippen molar-refractivity contribution in [2.45, 2.75) is 39.0 Å². The van der Waals surface area contributed by atoms with Gasteiger partial charge in [0.1, 0.15) is 5.00 Å². The summed E-state index contributed by atoms with van der Waals surface area (Å²) in [5, 5.41) is 12.9. The molecule has 2 unspecified atom stereocenters. The van der Waals surface area contributed by atoms with Gasteiger partial charge in [0.15, 0.2) is 0 Å². The van der Waals surface area contributed by atoms with Gasteiger partial charge in [0.25, 0.3) is 0 Å². The van der Waals surface area contributed by atoms with Gasteiger partial charge < -0.3 is 15.2 Å². The van der Waals surface area contributed by atoms with E-state index in [1.807, 2.05) is 6.92 Å². The molecular formula is C18H23NO5S. The number of hydrogen-bond donors (Lipinski definition) is 2. The highest BCUT2D eigenvalue weighted by atomic mass is 32.1. The Bertz CT molecular complexity index is 690. The normalized spacial score (nSPS) is 27.8. The number of fused-ring (bicyclic) bond motifs is 3. The van der Waals surface area contributed by atoms with Crippen molar-refractivity contribution in [3.05, 3.63) is 16.5 Å². The van der Waals surface area contributed by atoms with E-state index >= 15 is 0 Å². The number of anilines is 1. The van der Waals surface area contributed by atoms with Crippen molar-refractivity contribution in [1.82, 2.24) is 0 Å². The number of methoxy groups -OCH3 is 1. The molecule has 1 aromatic heterocycles. The zero-order valence-corrected chi connectivity index (χ0v) is 15.2. The Morgan fingerprint density at radius 1 is 1.20 bits per heavy atom. The predicted molar refractivity (Wildman–Crippen MR) is 93.7 cm³/mol. The van der Waals surface area contributed by atoms with Crippen LogP contribution in [0, 0.1) is 23.7 Å². The second-order valence-electron chi connectivity index (χ2n) is 6.85. The van der Waals surface area contributed by atoms with Crippen LogP contribution in [0.2, 0.25) is 0 Å². The molecule has 1 amide bonds. The lowest BCUT2D eigenvalue weighted by Crippen LogP contribution is -2.49. The number of aryl methyl sites for hydroxylation is 1. The molecule has 1 aromatic rings. The maximum Gasteiger partial charge on any atom is 0.340 e. The lowest BCUT2D eigenvalue weighted by molar-refractivity contribution is -0.156. The van der Waals surface area contributed by atoms with E-state index in [0.29, 0.717) is 10.6 Å². The second kappa shape index (κ2) is 7.15. The predicted octanol–water partition coefficient (Wildman–Crippen LogP) is 3.17. The van der Waals surface area contributed by atoms with Gasteiger partial charge in [0.2, 0.25) is 5.91 Å². The summed E-state index contributed by atoms with van der Waals surface area (Å²) in [4.78, 5) is 37.6. The van der Waals surface area contributed by atoms with Gasteiger partial charge in [-0.3, -0.25) is 9.59 Å². The van der Waals surface area contributed by atoms with Crippen molar-refractivity contribution < 1.29 is 24.2 Å². The zero-order valence-electron chi connectivity index (χ0n) is 14.4. The number of rotatable bonds is 5. The number of hydrogen-bond acceptors (Lipinski definition) is 5. The maximum absolute atomic E-state index is 12.9. The molecule has 2 bridgehead atoms. The van der Waals surface area contributed by atoms with E-state index in [0.717, 1.165) is 37.0 Å². The molecule has 25 heavy (non-hydrogen) atoms.